The molecular weight excluding hydrogens is 320 g/mol. The first-order chi connectivity index (χ1) is 11.9. The molecule has 0 spiro atoms. The molecule has 8 heteroatoms. The fourth-order valence-corrected chi connectivity index (χ4v) is 2.68. The van der Waals surface area contributed by atoms with Gasteiger partial charge in [0.05, 0.1) is 0 Å². The van der Waals surface area contributed by atoms with Gasteiger partial charge in [0.2, 0.25) is 0 Å². The van der Waals surface area contributed by atoms with Crippen LogP contribution in [0.1, 0.15) is 23.8 Å². The van der Waals surface area contributed by atoms with Crippen LogP contribution in [0.2, 0.25) is 0 Å². The van der Waals surface area contributed by atoms with Crippen molar-refractivity contribution in [3.63, 3.8) is 0 Å². The summed E-state index contributed by atoms with van der Waals surface area (Å²) < 4.78 is 1.50. The van der Waals surface area contributed by atoms with Crippen molar-refractivity contribution in [1.29, 1.82) is 0 Å². The van der Waals surface area contributed by atoms with Gasteiger partial charge in [0.25, 0.3) is 5.91 Å². The van der Waals surface area contributed by atoms with Gasteiger partial charge in [-0.25, -0.2) is 14.8 Å². The van der Waals surface area contributed by atoms with Crippen LogP contribution in [0.3, 0.4) is 0 Å². The van der Waals surface area contributed by atoms with Gasteiger partial charge in [-0.1, -0.05) is 6.92 Å². The number of imidazole rings is 1. The number of nitrogens with two attached hydrogens (primary N) is 1. The molecule has 0 aliphatic rings. The molecule has 0 saturated carbocycles. The van der Waals surface area contributed by atoms with Gasteiger partial charge in [-0.2, -0.15) is 0 Å². The third kappa shape index (κ3) is 2.98. The number of aromatic nitrogens is 4. The van der Waals surface area contributed by atoms with E-state index in [-0.39, 0.29) is 16.9 Å². The largest absolute Gasteiger partial charge is 0.378 e. The Kier molecular flexibility index (Phi) is 4.26. The number of carbonyl (C=O) groups is 1. The van der Waals surface area contributed by atoms with Gasteiger partial charge >= 0.3 is 5.69 Å². The van der Waals surface area contributed by atoms with E-state index in [9.17, 15) is 9.59 Å². The highest BCUT2D eigenvalue weighted by atomic mass is 16.2. The minimum atomic E-state index is -0.705. The smallest absolute Gasteiger partial charge is 0.327 e. The first-order valence-electron chi connectivity index (χ1n) is 8.00. The molecule has 1 amide bonds. The maximum absolute atomic E-state index is 12.2. The van der Waals surface area contributed by atoms with E-state index >= 15 is 0 Å². The van der Waals surface area contributed by atoms with Crippen LogP contribution in [-0.2, 0) is 6.54 Å². The van der Waals surface area contributed by atoms with Crippen molar-refractivity contribution in [2.45, 2.75) is 19.9 Å². The van der Waals surface area contributed by atoms with E-state index in [1.165, 1.54) is 4.57 Å². The SMILES string of the molecule is CCCn1c(=O)[nH]c2c(C(N)=O)nc(-c3ccc(N(C)C)cc3)nc21. The Morgan fingerprint density at radius 2 is 1.92 bits per heavy atom. The highest BCUT2D eigenvalue weighted by molar-refractivity contribution is 6.01. The molecule has 2 aromatic heterocycles. The van der Waals surface area contributed by atoms with E-state index in [1.807, 2.05) is 50.2 Å². The number of amides is 1. The van der Waals surface area contributed by atoms with Crippen LogP contribution in [0.4, 0.5) is 5.69 Å². The van der Waals surface area contributed by atoms with E-state index in [2.05, 4.69) is 15.0 Å². The number of nitrogens with one attached hydrogen (secondary N) is 1. The van der Waals surface area contributed by atoms with Gasteiger partial charge in [-0.3, -0.25) is 9.36 Å². The fourth-order valence-electron chi connectivity index (χ4n) is 2.68. The Labute approximate surface area is 144 Å². The van der Waals surface area contributed by atoms with Gasteiger partial charge in [-0.05, 0) is 30.7 Å². The Hall–Kier alpha value is -3.16. The summed E-state index contributed by atoms with van der Waals surface area (Å²) >= 11 is 0. The first-order valence-corrected chi connectivity index (χ1v) is 8.00. The molecule has 0 aliphatic carbocycles. The molecule has 2 heterocycles. The molecule has 3 rings (SSSR count). The van der Waals surface area contributed by atoms with Crippen molar-refractivity contribution < 1.29 is 4.79 Å². The van der Waals surface area contributed by atoms with Crippen molar-refractivity contribution >= 4 is 22.8 Å². The van der Waals surface area contributed by atoms with Gasteiger partial charge in [0, 0.05) is 31.9 Å². The number of anilines is 1. The number of hydrogen-bond donors (Lipinski definition) is 2. The lowest BCUT2D eigenvalue weighted by Gasteiger charge is -2.12. The molecule has 25 heavy (non-hydrogen) atoms. The molecular formula is C17H20N6O2. The molecule has 0 unspecified atom stereocenters. The zero-order chi connectivity index (χ0) is 18.1. The molecule has 0 radical (unpaired) electrons. The average Bonchev–Trinajstić information content (AvgIpc) is 2.90. The number of nitrogens with zero attached hydrogens (tertiary/aromatic N) is 4. The topological polar surface area (TPSA) is 110 Å². The summed E-state index contributed by atoms with van der Waals surface area (Å²) in [5.74, 6) is -0.348. The van der Waals surface area contributed by atoms with Crippen molar-refractivity contribution in [3.05, 3.63) is 40.4 Å². The number of rotatable bonds is 5. The fraction of sp³-hybridized carbons (Fsp3) is 0.294. The maximum atomic E-state index is 12.2. The minimum Gasteiger partial charge on any atom is -0.378 e. The molecule has 0 saturated heterocycles. The van der Waals surface area contributed by atoms with Gasteiger partial charge in [-0.15, -0.1) is 0 Å². The number of carbonyl (C=O) groups excluding carboxylic acids is 1. The van der Waals surface area contributed by atoms with Crippen LogP contribution in [0.25, 0.3) is 22.6 Å². The monoisotopic (exact) mass is 340 g/mol. The number of aryl methyl sites for hydroxylation is 1. The summed E-state index contributed by atoms with van der Waals surface area (Å²) in [7, 11) is 3.90. The molecule has 130 valence electrons. The number of benzene rings is 1. The van der Waals surface area contributed by atoms with Gasteiger partial charge < -0.3 is 15.6 Å². The lowest BCUT2D eigenvalue weighted by Crippen LogP contribution is -2.16. The molecule has 3 N–H and O–H groups in total. The predicted octanol–water partition coefficient (Wildman–Crippen LogP) is 1.36. The molecule has 0 atom stereocenters. The molecule has 0 aliphatic heterocycles. The van der Waals surface area contributed by atoms with Crippen LogP contribution < -0.4 is 16.3 Å². The van der Waals surface area contributed by atoms with Gasteiger partial charge in [0.1, 0.15) is 5.52 Å². The second-order valence-electron chi connectivity index (χ2n) is 5.98. The summed E-state index contributed by atoms with van der Waals surface area (Å²) in [5.41, 5.74) is 7.59. The van der Waals surface area contributed by atoms with Crippen LogP contribution in [0.5, 0.6) is 0 Å². The van der Waals surface area contributed by atoms with E-state index in [4.69, 9.17) is 5.73 Å². The zero-order valence-corrected chi connectivity index (χ0v) is 14.4. The lowest BCUT2D eigenvalue weighted by atomic mass is 10.2. The highest BCUT2D eigenvalue weighted by Crippen LogP contribution is 2.22. The second-order valence-corrected chi connectivity index (χ2v) is 5.98. The van der Waals surface area contributed by atoms with Gasteiger partial charge in [0.15, 0.2) is 17.2 Å². The number of aromatic amines is 1. The molecule has 1 aromatic carbocycles. The number of hydrogen-bond acceptors (Lipinski definition) is 5. The number of H-pyrrole nitrogens is 1. The number of primary amides is 1. The zero-order valence-electron chi connectivity index (χ0n) is 14.4. The van der Waals surface area contributed by atoms with Crippen LogP contribution in [0, 0.1) is 0 Å². The second kappa shape index (κ2) is 6.39. The highest BCUT2D eigenvalue weighted by Gasteiger charge is 2.19. The maximum Gasteiger partial charge on any atom is 0.327 e. The summed E-state index contributed by atoms with van der Waals surface area (Å²) in [6, 6.07) is 7.61. The Bertz CT molecular complexity index is 985. The summed E-state index contributed by atoms with van der Waals surface area (Å²) in [6.07, 6.45) is 0.760. The van der Waals surface area contributed by atoms with E-state index in [0.29, 0.717) is 18.0 Å². The van der Waals surface area contributed by atoms with E-state index in [0.717, 1.165) is 17.7 Å². The summed E-state index contributed by atoms with van der Waals surface area (Å²) in [5, 5.41) is 0. The minimum absolute atomic E-state index is 0.0173. The van der Waals surface area contributed by atoms with Crippen LogP contribution in [0.15, 0.2) is 29.1 Å². The third-order valence-corrected chi connectivity index (χ3v) is 3.95. The van der Waals surface area contributed by atoms with Crippen molar-refractivity contribution in [1.82, 2.24) is 19.5 Å². The third-order valence-electron chi connectivity index (χ3n) is 3.95. The van der Waals surface area contributed by atoms with Crippen molar-refractivity contribution in [2.24, 2.45) is 5.73 Å². The van der Waals surface area contributed by atoms with E-state index in [1.54, 1.807) is 0 Å². The van der Waals surface area contributed by atoms with Crippen LogP contribution >= 0.6 is 0 Å². The Balaban J connectivity index is 2.23. The predicted molar refractivity (Wildman–Crippen MR) is 96.7 cm³/mol. The van der Waals surface area contributed by atoms with Crippen LogP contribution in [-0.4, -0.2) is 39.5 Å². The van der Waals surface area contributed by atoms with Crippen molar-refractivity contribution in [2.75, 3.05) is 19.0 Å². The lowest BCUT2D eigenvalue weighted by molar-refractivity contribution is 0.0997. The molecule has 0 fully saturated rings. The standard InChI is InChI=1S/C17H20N6O2/c1-4-9-23-16-13(20-17(23)25)12(14(18)24)19-15(21-16)10-5-7-11(8-6-10)22(2)3/h5-8H,4,9H2,1-3H3,(H2,18,24)(H,20,25). The van der Waals surface area contributed by atoms with Crippen molar-refractivity contribution in [3.8, 4) is 11.4 Å². The summed E-state index contributed by atoms with van der Waals surface area (Å²) in [4.78, 5) is 37.4. The quantitative estimate of drug-likeness (QED) is 0.729. The molecule has 0 bridgehead atoms. The molecule has 3 aromatic rings. The Morgan fingerprint density at radius 3 is 2.48 bits per heavy atom. The normalized spacial score (nSPS) is 11.0. The summed E-state index contributed by atoms with van der Waals surface area (Å²) in [6.45, 7) is 2.45. The molecule has 8 nitrogen and oxygen atoms in total. The van der Waals surface area contributed by atoms with E-state index < -0.39 is 5.91 Å². The number of fused-ring (bicyclic) bond motifs is 1. The Morgan fingerprint density at radius 1 is 1.24 bits per heavy atom. The average molecular weight is 340 g/mol. The first kappa shape index (κ1) is 16.7.